The van der Waals surface area contributed by atoms with Crippen molar-refractivity contribution in [3.8, 4) is 0 Å². The molecule has 1 fully saturated rings. The first-order chi connectivity index (χ1) is 11.8. The minimum absolute atomic E-state index is 0.0435. The molecule has 0 radical (unpaired) electrons. The molecule has 1 aliphatic rings. The number of nitrogens with zero attached hydrogens (tertiary/aromatic N) is 4. The molecule has 2 aromatic heterocycles. The number of aryl methyl sites for hydroxylation is 2. The number of ether oxygens (including phenoxy) is 1. The van der Waals surface area contributed by atoms with Crippen LogP contribution in [0.25, 0.3) is 0 Å². The summed E-state index contributed by atoms with van der Waals surface area (Å²) in [5.41, 5.74) is 0.190. The van der Waals surface area contributed by atoms with Gasteiger partial charge in [-0.3, -0.25) is 0 Å². The van der Waals surface area contributed by atoms with Crippen LogP contribution in [-0.2, 0) is 17.5 Å². The maximum atomic E-state index is 12.8. The average Bonchev–Trinajstić information content (AvgIpc) is 3.05. The Morgan fingerprint density at radius 3 is 2.64 bits per heavy atom. The Morgan fingerprint density at radius 2 is 1.96 bits per heavy atom. The van der Waals surface area contributed by atoms with Gasteiger partial charge < -0.3 is 10.1 Å². The molecule has 134 valence electrons. The summed E-state index contributed by atoms with van der Waals surface area (Å²) in [4.78, 5) is 16.3. The summed E-state index contributed by atoms with van der Waals surface area (Å²) in [5.74, 6) is 1.41. The third-order valence-electron chi connectivity index (χ3n) is 3.82. The Bertz CT molecular complexity index is 760. The lowest BCUT2D eigenvalue weighted by Crippen LogP contribution is -2.14. The lowest BCUT2D eigenvalue weighted by atomic mass is 10.0. The first-order valence-corrected chi connectivity index (χ1v) is 7.90. The van der Waals surface area contributed by atoms with Crippen LogP contribution in [0.1, 0.15) is 41.1 Å². The molecule has 1 saturated heterocycles. The molecule has 3 heterocycles. The molecule has 25 heavy (non-hydrogen) atoms. The smallest absolute Gasteiger partial charge is 0.381 e. The van der Waals surface area contributed by atoms with Crippen molar-refractivity contribution in [1.82, 2.24) is 19.9 Å². The van der Waals surface area contributed by atoms with Gasteiger partial charge in [-0.1, -0.05) is 0 Å². The van der Waals surface area contributed by atoms with E-state index < -0.39 is 11.9 Å². The van der Waals surface area contributed by atoms with Gasteiger partial charge in [0, 0.05) is 24.3 Å². The number of hydrogen-bond acceptors (Lipinski definition) is 6. The van der Waals surface area contributed by atoms with Crippen molar-refractivity contribution in [2.75, 3.05) is 18.5 Å². The molecule has 0 bridgehead atoms. The third-order valence-corrected chi connectivity index (χ3v) is 3.82. The van der Waals surface area contributed by atoms with Crippen LogP contribution in [0, 0.1) is 13.8 Å². The summed E-state index contributed by atoms with van der Waals surface area (Å²) in [6, 6.07) is 2.73. The van der Waals surface area contributed by atoms with E-state index in [9.17, 15) is 13.2 Å². The quantitative estimate of drug-likeness (QED) is 0.911. The fourth-order valence-electron chi connectivity index (χ4n) is 2.68. The number of rotatable bonds is 4. The molecular formula is C16H18F3N5O. The van der Waals surface area contributed by atoms with Crippen LogP contribution < -0.4 is 5.32 Å². The normalized spacial score (nSPS) is 17.7. The van der Waals surface area contributed by atoms with Crippen LogP contribution in [0.15, 0.2) is 12.1 Å². The van der Waals surface area contributed by atoms with E-state index in [0.717, 1.165) is 18.2 Å². The van der Waals surface area contributed by atoms with E-state index in [0.29, 0.717) is 24.9 Å². The minimum Gasteiger partial charge on any atom is -0.381 e. The number of nitrogens with one attached hydrogen (secondary N) is 1. The molecule has 0 amide bonds. The van der Waals surface area contributed by atoms with E-state index in [2.05, 4.69) is 25.3 Å². The van der Waals surface area contributed by atoms with Crippen LogP contribution >= 0.6 is 0 Å². The number of alkyl halides is 3. The molecular weight excluding hydrogens is 335 g/mol. The largest absolute Gasteiger partial charge is 0.433 e. The van der Waals surface area contributed by atoms with Gasteiger partial charge in [-0.15, -0.1) is 0 Å². The summed E-state index contributed by atoms with van der Waals surface area (Å²) in [6.07, 6.45) is -3.60. The van der Waals surface area contributed by atoms with E-state index in [1.165, 1.54) is 6.92 Å². The Hall–Kier alpha value is -2.29. The van der Waals surface area contributed by atoms with Crippen LogP contribution in [0.5, 0.6) is 0 Å². The lowest BCUT2D eigenvalue weighted by molar-refractivity contribution is -0.141. The van der Waals surface area contributed by atoms with E-state index in [1.807, 2.05) is 0 Å². The van der Waals surface area contributed by atoms with Gasteiger partial charge in [-0.25, -0.2) is 19.9 Å². The highest BCUT2D eigenvalue weighted by Crippen LogP contribution is 2.28. The van der Waals surface area contributed by atoms with Gasteiger partial charge in [0.25, 0.3) is 0 Å². The highest BCUT2D eigenvalue weighted by molar-refractivity contribution is 5.37. The molecule has 0 aliphatic carbocycles. The zero-order chi connectivity index (χ0) is 18.0. The first kappa shape index (κ1) is 17.5. The van der Waals surface area contributed by atoms with Gasteiger partial charge in [0.2, 0.25) is 0 Å². The summed E-state index contributed by atoms with van der Waals surface area (Å²) in [7, 11) is 0. The Kier molecular flexibility index (Phi) is 4.85. The van der Waals surface area contributed by atoms with Crippen molar-refractivity contribution in [3.63, 3.8) is 0 Å². The minimum atomic E-state index is -4.50. The van der Waals surface area contributed by atoms with Crippen molar-refractivity contribution in [1.29, 1.82) is 0 Å². The fraction of sp³-hybridized carbons (Fsp3) is 0.500. The topological polar surface area (TPSA) is 72.8 Å². The number of anilines is 1. The summed E-state index contributed by atoms with van der Waals surface area (Å²) >= 11 is 0. The Morgan fingerprint density at radius 1 is 1.16 bits per heavy atom. The number of aromatic nitrogens is 4. The standard InChI is InChI=1S/C16H18F3N5O/c1-9-5-13(16(17,18)19)24-15(21-9)7-20-14-6-12(22-10(2)23-14)11-3-4-25-8-11/h5-6,11H,3-4,7-8H2,1-2H3,(H,20,22,23)/t11-/m0/s1. The van der Waals surface area contributed by atoms with Crippen LogP contribution in [0.2, 0.25) is 0 Å². The monoisotopic (exact) mass is 353 g/mol. The zero-order valence-electron chi connectivity index (χ0n) is 13.9. The third kappa shape index (κ3) is 4.41. The van der Waals surface area contributed by atoms with E-state index in [-0.39, 0.29) is 24.0 Å². The highest BCUT2D eigenvalue weighted by atomic mass is 19.4. The molecule has 1 N–H and O–H groups in total. The van der Waals surface area contributed by atoms with Crippen molar-refractivity contribution in [3.05, 3.63) is 40.9 Å². The second kappa shape index (κ2) is 6.91. The van der Waals surface area contributed by atoms with Gasteiger partial charge in [-0.05, 0) is 26.3 Å². The van der Waals surface area contributed by atoms with Crippen molar-refractivity contribution < 1.29 is 17.9 Å². The zero-order valence-corrected chi connectivity index (χ0v) is 13.9. The first-order valence-electron chi connectivity index (χ1n) is 7.90. The number of halogens is 3. The van der Waals surface area contributed by atoms with E-state index in [4.69, 9.17) is 4.74 Å². The van der Waals surface area contributed by atoms with Crippen molar-refractivity contribution in [2.45, 2.75) is 38.9 Å². The lowest BCUT2D eigenvalue weighted by Gasteiger charge is -2.12. The van der Waals surface area contributed by atoms with Gasteiger partial charge in [0.05, 0.1) is 18.8 Å². The second-order valence-electron chi connectivity index (χ2n) is 5.95. The summed E-state index contributed by atoms with van der Waals surface area (Å²) in [6.45, 7) is 4.64. The Balaban J connectivity index is 1.76. The molecule has 0 aromatic carbocycles. The van der Waals surface area contributed by atoms with Crippen LogP contribution in [0.3, 0.4) is 0 Å². The SMILES string of the molecule is Cc1cc(C(F)(F)F)nc(CNc2cc([C@H]3CCOC3)nc(C)n2)n1. The Labute approximate surface area is 142 Å². The van der Waals surface area contributed by atoms with Crippen molar-refractivity contribution in [2.24, 2.45) is 0 Å². The molecule has 3 rings (SSSR count). The van der Waals surface area contributed by atoms with Gasteiger partial charge in [0.15, 0.2) is 0 Å². The maximum Gasteiger partial charge on any atom is 0.433 e. The second-order valence-corrected chi connectivity index (χ2v) is 5.95. The predicted molar refractivity (Wildman–Crippen MR) is 84.0 cm³/mol. The maximum absolute atomic E-state index is 12.8. The van der Waals surface area contributed by atoms with Gasteiger partial charge in [-0.2, -0.15) is 13.2 Å². The van der Waals surface area contributed by atoms with Gasteiger partial charge in [0.1, 0.15) is 23.2 Å². The molecule has 0 spiro atoms. The molecule has 9 heteroatoms. The molecule has 2 aromatic rings. The van der Waals surface area contributed by atoms with E-state index >= 15 is 0 Å². The summed E-state index contributed by atoms with van der Waals surface area (Å²) in [5, 5.41) is 2.99. The molecule has 1 atom stereocenters. The predicted octanol–water partition coefficient (Wildman–Crippen LogP) is 3.02. The van der Waals surface area contributed by atoms with Crippen molar-refractivity contribution >= 4 is 5.82 Å². The van der Waals surface area contributed by atoms with Crippen LogP contribution in [-0.4, -0.2) is 33.1 Å². The molecule has 0 saturated carbocycles. The molecule has 1 aliphatic heterocycles. The fourth-order valence-corrected chi connectivity index (χ4v) is 2.68. The summed E-state index contributed by atoms with van der Waals surface area (Å²) < 4.78 is 43.9. The highest BCUT2D eigenvalue weighted by Gasteiger charge is 2.33. The number of hydrogen-bond donors (Lipinski definition) is 1. The molecule has 6 nitrogen and oxygen atoms in total. The van der Waals surface area contributed by atoms with Crippen LogP contribution in [0.4, 0.5) is 19.0 Å². The molecule has 0 unspecified atom stereocenters. The van der Waals surface area contributed by atoms with E-state index in [1.54, 1.807) is 13.0 Å². The average molecular weight is 353 g/mol. The van der Waals surface area contributed by atoms with Gasteiger partial charge >= 0.3 is 6.18 Å².